The highest BCUT2D eigenvalue weighted by Gasteiger charge is 2.37. The second-order valence-corrected chi connectivity index (χ2v) is 6.30. The lowest BCUT2D eigenvalue weighted by Crippen LogP contribution is -2.39. The predicted octanol–water partition coefficient (Wildman–Crippen LogP) is 3.40. The summed E-state index contributed by atoms with van der Waals surface area (Å²) in [7, 11) is 0. The zero-order valence-electron chi connectivity index (χ0n) is 12.7. The van der Waals surface area contributed by atoms with Crippen molar-refractivity contribution in [2.24, 2.45) is 11.8 Å². The van der Waals surface area contributed by atoms with Crippen molar-refractivity contribution in [3.63, 3.8) is 0 Å². The minimum Gasteiger partial charge on any atom is -0.481 e. The first-order chi connectivity index (χ1) is 10.4. The molecule has 0 aromatic heterocycles. The molecule has 0 fully saturated rings. The molecule has 1 amide bonds. The van der Waals surface area contributed by atoms with Gasteiger partial charge in [0.15, 0.2) is 0 Å². The van der Waals surface area contributed by atoms with Gasteiger partial charge in [-0.3, -0.25) is 9.59 Å². The standard InChI is InChI=1S/C17H20ClNO3/c1-10-6-14(15(17(21)22)7-11(10)2)16(20)19-9-12-4-3-5-13(18)8-12/h3-5,8,14-15H,6-7,9H2,1-2H3,(H,19,20)(H,21,22)/t14-,15-/m1/s1. The number of carbonyl (C=O) groups excluding carboxylic acids is 1. The number of allylic oxidation sites excluding steroid dienone is 2. The number of carboxylic acid groups (broad SMARTS) is 1. The molecule has 1 aromatic rings. The lowest BCUT2D eigenvalue weighted by molar-refractivity contribution is -0.147. The third-order valence-electron chi connectivity index (χ3n) is 4.28. The minimum absolute atomic E-state index is 0.209. The Bertz CT molecular complexity index is 624. The molecule has 0 radical (unpaired) electrons. The highest BCUT2D eigenvalue weighted by molar-refractivity contribution is 6.30. The van der Waals surface area contributed by atoms with E-state index in [2.05, 4.69) is 5.32 Å². The number of aliphatic carboxylic acids is 1. The molecule has 1 aliphatic carbocycles. The van der Waals surface area contributed by atoms with Gasteiger partial charge in [-0.2, -0.15) is 0 Å². The van der Waals surface area contributed by atoms with Crippen LogP contribution in [0.1, 0.15) is 32.3 Å². The molecular weight excluding hydrogens is 302 g/mol. The Balaban J connectivity index is 2.05. The molecule has 4 nitrogen and oxygen atoms in total. The number of hydrogen-bond donors (Lipinski definition) is 2. The first kappa shape index (κ1) is 16.6. The van der Waals surface area contributed by atoms with E-state index in [1.807, 2.05) is 26.0 Å². The van der Waals surface area contributed by atoms with Gasteiger partial charge in [0.05, 0.1) is 11.8 Å². The van der Waals surface area contributed by atoms with Crippen LogP contribution in [0.25, 0.3) is 0 Å². The fraction of sp³-hybridized carbons (Fsp3) is 0.412. The van der Waals surface area contributed by atoms with E-state index in [1.165, 1.54) is 0 Å². The van der Waals surface area contributed by atoms with Crippen molar-refractivity contribution in [2.45, 2.75) is 33.2 Å². The maximum atomic E-state index is 12.4. The van der Waals surface area contributed by atoms with Gasteiger partial charge in [-0.25, -0.2) is 0 Å². The quantitative estimate of drug-likeness (QED) is 0.835. The Morgan fingerprint density at radius 1 is 1.23 bits per heavy atom. The summed E-state index contributed by atoms with van der Waals surface area (Å²) in [6.07, 6.45) is 0.945. The number of carbonyl (C=O) groups is 2. The van der Waals surface area contributed by atoms with Gasteiger partial charge >= 0.3 is 5.97 Å². The van der Waals surface area contributed by atoms with Gasteiger partial charge < -0.3 is 10.4 Å². The van der Waals surface area contributed by atoms with Gasteiger partial charge in [0.1, 0.15) is 0 Å². The van der Waals surface area contributed by atoms with Crippen molar-refractivity contribution < 1.29 is 14.7 Å². The molecule has 118 valence electrons. The van der Waals surface area contributed by atoms with Crippen molar-refractivity contribution >= 4 is 23.5 Å². The summed E-state index contributed by atoms with van der Waals surface area (Å²) >= 11 is 5.91. The molecule has 1 aromatic carbocycles. The van der Waals surface area contributed by atoms with Crippen LogP contribution in [-0.2, 0) is 16.1 Å². The van der Waals surface area contributed by atoms with Crippen LogP contribution in [0.15, 0.2) is 35.4 Å². The Labute approximate surface area is 135 Å². The van der Waals surface area contributed by atoms with Gasteiger partial charge in [-0.1, -0.05) is 34.9 Å². The van der Waals surface area contributed by atoms with Crippen molar-refractivity contribution in [1.82, 2.24) is 5.32 Å². The number of nitrogens with one attached hydrogen (secondary N) is 1. The zero-order valence-corrected chi connectivity index (χ0v) is 13.5. The molecule has 2 rings (SSSR count). The Morgan fingerprint density at radius 3 is 2.45 bits per heavy atom. The van der Waals surface area contributed by atoms with Crippen LogP contribution in [-0.4, -0.2) is 17.0 Å². The molecule has 0 saturated carbocycles. The lowest BCUT2D eigenvalue weighted by atomic mass is 9.76. The van der Waals surface area contributed by atoms with Gasteiger partial charge in [-0.15, -0.1) is 0 Å². The van der Waals surface area contributed by atoms with Crippen molar-refractivity contribution in [2.75, 3.05) is 0 Å². The van der Waals surface area contributed by atoms with Crippen molar-refractivity contribution in [1.29, 1.82) is 0 Å². The van der Waals surface area contributed by atoms with Gasteiger partial charge in [0.25, 0.3) is 0 Å². The molecule has 5 heteroatoms. The average Bonchev–Trinajstić information content (AvgIpc) is 2.47. The third-order valence-corrected chi connectivity index (χ3v) is 4.51. The van der Waals surface area contributed by atoms with E-state index in [1.54, 1.807) is 12.1 Å². The molecule has 0 bridgehead atoms. The first-order valence-corrected chi connectivity index (χ1v) is 7.66. The number of benzene rings is 1. The summed E-state index contributed by atoms with van der Waals surface area (Å²) in [5, 5.41) is 12.8. The van der Waals surface area contributed by atoms with Crippen LogP contribution in [0.3, 0.4) is 0 Å². The van der Waals surface area contributed by atoms with Crippen LogP contribution >= 0.6 is 11.6 Å². The van der Waals surface area contributed by atoms with Crippen LogP contribution < -0.4 is 5.32 Å². The molecule has 0 unspecified atom stereocenters. The topological polar surface area (TPSA) is 66.4 Å². The third kappa shape index (κ3) is 3.89. The molecule has 2 N–H and O–H groups in total. The number of carboxylic acids is 1. The van der Waals surface area contributed by atoms with Crippen LogP contribution in [0, 0.1) is 11.8 Å². The second kappa shape index (κ2) is 6.97. The van der Waals surface area contributed by atoms with Crippen LogP contribution in [0.5, 0.6) is 0 Å². The first-order valence-electron chi connectivity index (χ1n) is 7.28. The van der Waals surface area contributed by atoms with E-state index in [4.69, 9.17) is 11.6 Å². The average molecular weight is 322 g/mol. The summed E-state index contributed by atoms with van der Waals surface area (Å²) in [6.45, 7) is 4.25. The molecule has 2 atom stereocenters. The van der Waals surface area contributed by atoms with E-state index < -0.39 is 17.8 Å². The second-order valence-electron chi connectivity index (χ2n) is 5.87. The summed E-state index contributed by atoms with van der Waals surface area (Å²) in [4.78, 5) is 23.8. The number of hydrogen-bond acceptors (Lipinski definition) is 2. The maximum absolute atomic E-state index is 12.4. The molecule has 0 saturated heterocycles. The van der Waals surface area contributed by atoms with E-state index in [9.17, 15) is 14.7 Å². The fourth-order valence-corrected chi connectivity index (χ4v) is 3.01. The monoisotopic (exact) mass is 321 g/mol. The zero-order chi connectivity index (χ0) is 16.3. The number of halogens is 1. The smallest absolute Gasteiger partial charge is 0.307 e. The van der Waals surface area contributed by atoms with Gasteiger partial charge in [0.2, 0.25) is 5.91 Å². The highest BCUT2D eigenvalue weighted by atomic mass is 35.5. The Kier molecular flexibility index (Phi) is 5.24. The van der Waals surface area contributed by atoms with Gasteiger partial charge in [-0.05, 0) is 44.4 Å². The fourth-order valence-electron chi connectivity index (χ4n) is 2.79. The predicted molar refractivity (Wildman–Crippen MR) is 85.5 cm³/mol. The summed E-state index contributed by atoms with van der Waals surface area (Å²) < 4.78 is 0. The number of amides is 1. The van der Waals surface area contributed by atoms with Crippen LogP contribution in [0.2, 0.25) is 5.02 Å². The number of rotatable bonds is 4. The molecule has 0 spiro atoms. The van der Waals surface area contributed by atoms with E-state index in [0.29, 0.717) is 24.4 Å². The normalized spacial score (nSPS) is 21.6. The summed E-state index contributed by atoms with van der Waals surface area (Å²) in [5.74, 6) is -2.28. The van der Waals surface area contributed by atoms with Crippen LogP contribution in [0.4, 0.5) is 0 Å². The molecule has 22 heavy (non-hydrogen) atoms. The molecule has 0 heterocycles. The van der Waals surface area contributed by atoms with E-state index in [-0.39, 0.29) is 5.91 Å². The van der Waals surface area contributed by atoms with Crippen molar-refractivity contribution in [3.8, 4) is 0 Å². The molecule has 1 aliphatic rings. The minimum atomic E-state index is -0.908. The Morgan fingerprint density at radius 2 is 1.86 bits per heavy atom. The van der Waals surface area contributed by atoms with E-state index >= 15 is 0 Å². The SMILES string of the molecule is CC1=C(C)C[C@@H](C(=O)NCc2cccc(Cl)c2)[C@H](C(=O)O)C1. The Hall–Kier alpha value is -1.81. The maximum Gasteiger partial charge on any atom is 0.307 e. The molecular formula is C17H20ClNO3. The highest BCUT2D eigenvalue weighted by Crippen LogP contribution is 2.34. The lowest BCUT2D eigenvalue weighted by Gasteiger charge is -2.29. The summed E-state index contributed by atoms with van der Waals surface area (Å²) in [5.41, 5.74) is 3.08. The van der Waals surface area contributed by atoms with E-state index in [0.717, 1.165) is 16.7 Å². The summed E-state index contributed by atoms with van der Waals surface area (Å²) in [6, 6.07) is 7.25. The molecule has 0 aliphatic heterocycles. The van der Waals surface area contributed by atoms with Gasteiger partial charge in [0, 0.05) is 11.6 Å². The largest absolute Gasteiger partial charge is 0.481 e. The van der Waals surface area contributed by atoms with Crippen molar-refractivity contribution in [3.05, 3.63) is 46.0 Å².